The second kappa shape index (κ2) is 7.76. The molecule has 0 saturated carbocycles. The number of ether oxygens (including phenoxy) is 1. The van der Waals surface area contributed by atoms with Gasteiger partial charge in [-0.2, -0.15) is 0 Å². The van der Waals surface area contributed by atoms with E-state index in [9.17, 15) is 14.4 Å². The molecule has 2 N–H and O–H groups in total. The maximum atomic E-state index is 11.5. The van der Waals surface area contributed by atoms with Gasteiger partial charge in [-0.25, -0.2) is 0 Å². The van der Waals surface area contributed by atoms with E-state index in [0.717, 1.165) is 0 Å². The first-order valence-corrected chi connectivity index (χ1v) is 6.31. The Balaban J connectivity index is 3.88. The molecule has 0 aliphatic rings. The van der Waals surface area contributed by atoms with Crippen LogP contribution in [0.3, 0.4) is 0 Å². The molecular weight excluding hydrogens is 248 g/mol. The Hall–Kier alpha value is -1.59. The van der Waals surface area contributed by atoms with Crippen LogP contribution < -0.4 is 10.6 Å². The Kier molecular flexibility index (Phi) is 7.11. The molecule has 1 unspecified atom stereocenters. The van der Waals surface area contributed by atoms with Crippen molar-refractivity contribution < 1.29 is 19.1 Å². The average molecular weight is 272 g/mol. The third-order valence-electron chi connectivity index (χ3n) is 2.43. The largest absolute Gasteiger partial charge is 0.469 e. The Morgan fingerprint density at radius 3 is 2.26 bits per heavy atom. The minimum Gasteiger partial charge on any atom is -0.469 e. The van der Waals surface area contributed by atoms with Crippen molar-refractivity contribution in [2.75, 3.05) is 13.7 Å². The number of hydrogen-bond acceptors (Lipinski definition) is 4. The number of rotatable bonds is 6. The lowest BCUT2D eigenvalue weighted by atomic mass is 9.96. The molecule has 0 rings (SSSR count). The molecule has 6 nitrogen and oxygen atoms in total. The third-order valence-corrected chi connectivity index (χ3v) is 2.43. The van der Waals surface area contributed by atoms with Gasteiger partial charge in [0, 0.05) is 24.4 Å². The van der Waals surface area contributed by atoms with Gasteiger partial charge in [0.1, 0.15) is 0 Å². The van der Waals surface area contributed by atoms with E-state index in [1.54, 1.807) is 27.7 Å². The zero-order valence-corrected chi connectivity index (χ0v) is 12.3. The molecule has 0 aliphatic heterocycles. The Morgan fingerprint density at radius 2 is 1.79 bits per heavy atom. The summed E-state index contributed by atoms with van der Waals surface area (Å²) < 4.78 is 4.51. The van der Waals surface area contributed by atoms with Crippen LogP contribution in [-0.2, 0) is 19.1 Å². The second-order valence-corrected chi connectivity index (χ2v) is 5.50. The van der Waals surface area contributed by atoms with Crippen molar-refractivity contribution in [3.8, 4) is 0 Å². The second-order valence-electron chi connectivity index (χ2n) is 5.50. The first-order valence-electron chi connectivity index (χ1n) is 6.31. The van der Waals surface area contributed by atoms with Gasteiger partial charge in [0.2, 0.25) is 11.8 Å². The van der Waals surface area contributed by atoms with Crippen LogP contribution in [0.2, 0.25) is 0 Å². The van der Waals surface area contributed by atoms with Gasteiger partial charge in [0.05, 0.1) is 13.5 Å². The molecule has 0 aromatic heterocycles. The summed E-state index contributed by atoms with van der Waals surface area (Å²) in [5.74, 6) is -0.664. The molecule has 19 heavy (non-hydrogen) atoms. The first kappa shape index (κ1) is 17.4. The molecule has 0 saturated heterocycles. The number of carbonyl (C=O) groups is 3. The lowest BCUT2D eigenvalue weighted by Crippen LogP contribution is -2.39. The molecule has 0 aromatic carbocycles. The summed E-state index contributed by atoms with van der Waals surface area (Å²) in [5.41, 5.74) is -0.464. The summed E-state index contributed by atoms with van der Waals surface area (Å²) >= 11 is 0. The van der Waals surface area contributed by atoms with Crippen LogP contribution in [0.25, 0.3) is 0 Å². The Morgan fingerprint density at radius 1 is 1.21 bits per heavy atom. The molecule has 0 aromatic rings. The van der Waals surface area contributed by atoms with Gasteiger partial charge in [-0.05, 0) is 6.92 Å². The van der Waals surface area contributed by atoms with Gasteiger partial charge in [0.25, 0.3) is 0 Å². The first-order chi connectivity index (χ1) is 8.66. The normalized spacial score (nSPS) is 12.5. The summed E-state index contributed by atoms with van der Waals surface area (Å²) in [6, 6.07) is -0.279. The Bertz CT molecular complexity index is 334. The van der Waals surface area contributed by atoms with Crippen LogP contribution >= 0.6 is 0 Å². The highest BCUT2D eigenvalue weighted by Crippen LogP contribution is 2.12. The van der Waals surface area contributed by atoms with E-state index in [0.29, 0.717) is 0 Å². The van der Waals surface area contributed by atoms with E-state index in [2.05, 4.69) is 15.4 Å². The van der Waals surface area contributed by atoms with Crippen molar-refractivity contribution in [1.82, 2.24) is 10.6 Å². The van der Waals surface area contributed by atoms with Crippen molar-refractivity contribution in [3.63, 3.8) is 0 Å². The van der Waals surface area contributed by atoms with Crippen molar-refractivity contribution in [1.29, 1.82) is 0 Å². The lowest BCUT2D eigenvalue weighted by molar-refractivity contribution is -0.141. The summed E-state index contributed by atoms with van der Waals surface area (Å²) in [6.07, 6.45) is 0.323. The zero-order chi connectivity index (χ0) is 15.1. The number of nitrogens with one attached hydrogen (secondary N) is 2. The van der Waals surface area contributed by atoms with E-state index in [1.165, 1.54) is 7.11 Å². The van der Waals surface area contributed by atoms with Gasteiger partial charge in [-0.3, -0.25) is 14.4 Å². The minimum absolute atomic E-state index is 0.0945. The van der Waals surface area contributed by atoms with Crippen LogP contribution in [0.1, 0.15) is 40.5 Å². The lowest BCUT2D eigenvalue weighted by Gasteiger charge is -2.18. The highest BCUT2D eigenvalue weighted by molar-refractivity contribution is 5.82. The number of amides is 2. The van der Waals surface area contributed by atoms with Crippen LogP contribution in [0.5, 0.6) is 0 Å². The van der Waals surface area contributed by atoms with Crippen LogP contribution in [0.4, 0.5) is 0 Å². The SMILES string of the molecule is COC(=O)CC(C)NC(=O)CCNC(=O)C(C)(C)C. The van der Waals surface area contributed by atoms with Crippen LogP contribution in [-0.4, -0.2) is 37.5 Å². The highest BCUT2D eigenvalue weighted by Gasteiger charge is 2.20. The standard InChI is InChI=1S/C13H24N2O4/c1-9(8-11(17)19-5)15-10(16)6-7-14-12(18)13(2,3)4/h9H,6-8H2,1-5H3,(H,14,18)(H,15,16). The highest BCUT2D eigenvalue weighted by atomic mass is 16.5. The molecule has 0 radical (unpaired) electrons. The smallest absolute Gasteiger partial charge is 0.307 e. The number of hydrogen-bond donors (Lipinski definition) is 2. The van der Waals surface area contributed by atoms with Crippen molar-refractivity contribution in [3.05, 3.63) is 0 Å². The summed E-state index contributed by atoms with van der Waals surface area (Å²) in [5, 5.41) is 5.35. The molecule has 0 fully saturated rings. The van der Waals surface area contributed by atoms with Crippen LogP contribution in [0, 0.1) is 5.41 Å². The van der Waals surface area contributed by atoms with E-state index in [1.807, 2.05) is 0 Å². The molecule has 1 atom stereocenters. The minimum atomic E-state index is -0.464. The maximum absolute atomic E-state index is 11.5. The van der Waals surface area contributed by atoms with E-state index >= 15 is 0 Å². The average Bonchev–Trinajstić information content (AvgIpc) is 2.26. The number of methoxy groups -OCH3 is 1. The molecule has 110 valence electrons. The zero-order valence-electron chi connectivity index (χ0n) is 12.3. The molecular formula is C13H24N2O4. The molecule has 0 bridgehead atoms. The molecule has 6 heteroatoms. The molecule has 2 amide bonds. The topological polar surface area (TPSA) is 84.5 Å². The van der Waals surface area contributed by atoms with E-state index in [-0.39, 0.29) is 43.2 Å². The predicted molar refractivity (Wildman–Crippen MR) is 71.3 cm³/mol. The quantitative estimate of drug-likeness (QED) is 0.694. The molecule has 0 heterocycles. The fourth-order valence-corrected chi connectivity index (χ4v) is 1.29. The van der Waals surface area contributed by atoms with Gasteiger partial charge in [0.15, 0.2) is 0 Å². The summed E-state index contributed by atoms with van der Waals surface area (Å²) in [7, 11) is 1.30. The monoisotopic (exact) mass is 272 g/mol. The fourth-order valence-electron chi connectivity index (χ4n) is 1.29. The molecule has 0 aliphatic carbocycles. The number of esters is 1. The predicted octanol–water partition coefficient (Wildman–Crippen LogP) is 0.607. The van der Waals surface area contributed by atoms with Gasteiger partial charge in [-0.1, -0.05) is 20.8 Å². The molecule has 0 spiro atoms. The van der Waals surface area contributed by atoms with Crippen molar-refractivity contribution in [2.24, 2.45) is 5.41 Å². The summed E-state index contributed by atoms with van der Waals surface area (Å²) in [6.45, 7) is 7.43. The third kappa shape index (κ3) is 8.18. The maximum Gasteiger partial charge on any atom is 0.307 e. The number of carbonyl (C=O) groups excluding carboxylic acids is 3. The van der Waals surface area contributed by atoms with Crippen LogP contribution in [0.15, 0.2) is 0 Å². The van der Waals surface area contributed by atoms with Gasteiger partial charge < -0.3 is 15.4 Å². The van der Waals surface area contributed by atoms with Gasteiger partial charge >= 0.3 is 5.97 Å². The van der Waals surface area contributed by atoms with Crippen molar-refractivity contribution in [2.45, 2.75) is 46.6 Å². The van der Waals surface area contributed by atoms with Crippen molar-refractivity contribution >= 4 is 17.8 Å². The van der Waals surface area contributed by atoms with E-state index < -0.39 is 5.41 Å². The van der Waals surface area contributed by atoms with Gasteiger partial charge in [-0.15, -0.1) is 0 Å². The Labute approximate surface area is 114 Å². The fraction of sp³-hybridized carbons (Fsp3) is 0.769. The summed E-state index contributed by atoms with van der Waals surface area (Å²) in [4.78, 5) is 34.1. The van der Waals surface area contributed by atoms with E-state index in [4.69, 9.17) is 0 Å².